The molecule has 0 heterocycles. The van der Waals surface area contributed by atoms with Crippen LogP contribution in [0.5, 0.6) is 5.75 Å². The SMILES string of the molecule is COC(=O)c1ccc(C)c(OCC(=O)Nc2ccccc2Cc2ccccc2)c1. The van der Waals surface area contributed by atoms with Crippen molar-refractivity contribution in [2.45, 2.75) is 13.3 Å². The third kappa shape index (κ3) is 5.45. The van der Waals surface area contributed by atoms with E-state index in [0.717, 1.165) is 23.2 Å². The minimum Gasteiger partial charge on any atom is -0.483 e. The second-order valence-corrected chi connectivity index (χ2v) is 6.63. The Morgan fingerprint density at radius 1 is 0.931 bits per heavy atom. The highest BCUT2D eigenvalue weighted by Gasteiger charge is 2.12. The standard InChI is InChI=1S/C24H23NO4/c1-17-12-13-20(24(27)28-2)15-22(17)29-16-23(26)25-21-11-7-6-10-19(21)14-18-8-4-3-5-9-18/h3-13,15H,14,16H2,1-2H3,(H,25,26). The van der Waals surface area contributed by atoms with Gasteiger partial charge in [0.05, 0.1) is 12.7 Å². The van der Waals surface area contributed by atoms with Crippen LogP contribution in [0.25, 0.3) is 0 Å². The largest absolute Gasteiger partial charge is 0.483 e. The predicted molar refractivity (Wildman–Crippen MR) is 112 cm³/mol. The Morgan fingerprint density at radius 2 is 1.66 bits per heavy atom. The van der Waals surface area contributed by atoms with E-state index in [-0.39, 0.29) is 12.5 Å². The number of carbonyl (C=O) groups is 2. The molecule has 3 aromatic rings. The summed E-state index contributed by atoms with van der Waals surface area (Å²) >= 11 is 0. The van der Waals surface area contributed by atoms with Crippen molar-refractivity contribution >= 4 is 17.6 Å². The molecule has 29 heavy (non-hydrogen) atoms. The Morgan fingerprint density at radius 3 is 2.41 bits per heavy atom. The Bertz CT molecular complexity index is 999. The first-order valence-electron chi connectivity index (χ1n) is 9.30. The van der Waals surface area contributed by atoms with E-state index >= 15 is 0 Å². The van der Waals surface area contributed by atoms with E-state index < -0.39 is 5.97 Å². The molecule has 0 aliphatic rings. The molecule has 1 amide bonds. The van der Waals surface area contributed by atoms with Crippen LogP contribution in [0.1, 0.15) is 27.0 Å². The summed E-state index contributed by atoms with van der Waals surface area (Å²) < 4.78 is 10.4. The summed E-state index contributed by atoms with van der Waals surface area (Å²) in [6.07, 6.45) is 0.721. The molecule has 5 nitrogen and oxygen atoms in total. The maximum absolute atomic E-state index is 12.4. The maximum Gasteiger partial charge on any atom is 0.337 e. The molecule has 0 bridgehead atoms. The van der Waals surface area contributed by atoms with Crippen molar-refractivity contribution in [2.75, 3.05) is 19.0 Å². The topological polar surface area (TPSA) is 64.6 Å². The van der Waals surface area contributed by atoms with Gasteiger partial charge in [-0.15, -0.1) is 0 Å². The number of ether oxygens (including phenoxy) is 2. The van der Waals surface area contributed by atoms with Crippen LogP contribution in [-0.4, -0.2) is 25.6 Å². The third-order valence-corrected chi connectivity index (χ3v) is 4.50. The molecule has 0 spiro atoms. The maximum atomic E-state index is 12.4. The molecule has 0 aliphatic heterocycles. The molecule has 5 heteroatoms. The lowest BCUT2D eigenvalue weighted by Gasteiger charge is -2.13. The van der Waals surface area contributed by atoms with Gasteiger partial charge in [-0.1, -0.05) is 54.6 Å². The number of rotatable bonds is 7. The van der Waals surface area contributed by atoms with E-state index in [2.05, 4.69) is 17.4 Å². The van der Waals surface area contributed by atoms with Crippen molar-refractivity contribution in [3.05, 3.63) is 95.1 Å². The highest BCUT2D eigenvalue weighted by atomic mass is 16.5. The molecule has 3 rings (SSSR count). The van der Waals surface area contributed by atoms with Crippen molar-refractivity contribution in [3.8, 4) is 5.75 Å². The number of esters is 1. The molecule has 0 atom stereocenters. The van der Waals surface area contributed by atoms with Gasteiger partial charge in [-0.2, -0.15) is 0 Å². The average molecular weight is 389 g/mol. The molecule has 0 saturated heterocycles. The zero-order valence-corrected chi connectivity index (χ0v) is 16.5. The lowest BCUT2D eigenvalue weighted by Crippen LogP contribution is -2.21. The van der Waals surface area contributed by atoms with Crippen molar-refractivity contribution in [1.29, 1.82) is 0 Å². The number of para-hydroxylation sites is 1. The number of hydrogen-bond donors (Lipinski definition) is 1. The van der Waals surface area contributed by atoms with Gasteiger partial charge in [0, 0.05) is 5.69 Å². The zero-order valence-electron chi connectivity index (χ0n) is 16.5. The number of carbonyl (C=O) groups excluding carboxylic acids is 2. The second-order valence-electron chi connectivity index (χ2n) is 6.63. The first-order chi connectivity index (χ1) is 14.1. The summed E-state index contributed by atoms with van der Waals surface area (Å²) in [5, 5.41) is 2.91. The number of benzene rings is 3. The summed E-state index contributed by atoms with van der Waals surface area (Å²) in [7, 11) is 1.32. The fourth-order valence-corrected chi connectivity index (χ4v) is 2.94. The Kier molecular flexibility index (Phi) is 6.63. The molecular weight excluding hydrogens is 366 g/mol. The van der Waals surface area contributed by atoms with E-state index in [1.165, 1.54) is 12.7 Å². The first-order valence-corrected chi connectivity index (χ1v) is 9.30. The van der Waals surface area contributed by atoms with Crippen molar-refractivity contribution in [1.82, 2.24) is 0 Å². The van der Waals surface area contributed by atoms with E-state index in [0.29, 0.717) is 11.3 Å². The monoisotopic (exact) mass is 389 g/mol. The average Bonchev–Trinajstić information content (AvgIpc) is 2.74. The molecule has 0 fully saturated rings. The second kappa shape index (κ2) is 9.55. The van der Waals surface area contributed by atoms with Crippen LogP contribution < -0.4 is 10.1 Å². The summed E-state index contributed by atoms with van der Waals surface area (Å²) in [6, 6.07) is 22.8. The van der Waals surface area contributed by atoms with Crippen molar-refractivity contribution in [3.63, 3.8) is 0 Å². The van der Waals surface area contributed by atoms with Crippen LogP contribution in [0.2, 0.25) is 0 Å². The van der Waals surface area contributed by atoms with Crippen molar-refractivity contribution in [2.24, 2.45) is 0 Å². The van der Waals surface area contributed by atoms with Gasteiger partial charge in [0.25, 0.3) is 5.91 Å². The quantitative estimate of drug-likeness (QED) is 0.609. The van der Waals surface area contributed by atoms with Gasteiger partial charge < -0.3 is 14.8 Å². The van der Waals surface area contributed by atoms with Crippen LogP contribution in [0, 0.1) is 6.92 Å². The minimum absolute atomic E-state index is 0.162. The normalized spacial score (nSPS) is 10.3. The smallest absolute Gasteiger partial charge is 0.337 e. The highest BCUT2D eigenvalue weighted by Crippen LogP contribution is 2.21. The summed E-state index contributed by atoms with van der Waals surface area (Å²) in [6.45, 7) is 1.69. The zero-order chi connectivity index (χ0) is 20.6. The molecule has 148 valence electrons. The number of hydrogen-bond acceptors (Lipinski definition) is 4. The molecule has 0 aliphatic carbocycles. The molecular formula is C24H23NO4. The molecule has 0 unspecified atom stereocenters. The molecule has 0 saturated carbocycles. The van der Waals surface area contributed by atoms with E-state index in [1.54, 1.807) is 18.2 Å². The number of anilines is 1. The van der Waals surface area contributed by atoms with Gasteiger partial charge in [0.15, 0.2) is 6.61 Å². The fourth-order valence-electron chi connectivity index (χ4n) is 2.94. The lowest BCUT2D eigenvalue weighted by molar-refractivity contribution is -0.118. The van der Waals surface area contributed by atoms with Gasteiger partial charge in [-0.05, 0) is 48.2 Å². The van der Waals surface area contributed by atoms with E-state index in [4.69, 9.17) is 9.47 Å². The van der Waals surface area contributed by atoms with Gasteiger partial charge >= 0.3 is 5.97 Å². The Balaban J connectivity index is 1.65. The molecule has 3 aromatic carbocycles. The first kappa shape index (κ1) is 20.1. The molecule has 0 radical (unpaired) electrons. The summed E-state index contributed by atoms with van der Waals surface area (Å²) in [5.41, 5.74) is 4.15. The number of amides is 1. The third-order valence-electron chi connectivity index (χ3n) is 4.50. The van der Waals surface area contributed by atoms with Gasteiger partial charge in [0.2, 0.25) is 0 Å². The van der Waals surface area contributed by atoms with Crippen LogP contribution in [-0.2, 0) is 16.0 Å². The molecule has 0 aromatic heterocycles. The molecule has 1 N–H and O–H groups in total. The minimum atomic E-state index is -0.450. The number of aryl methyl sites for hydroxylation is 1. The van der Waals surface area contributed by atoms with Gasteiger partial charge in [-0.3, -0.25) is 4.79 Å². The van der Waals surface area contributed by atoms with Crippen LogP contribution in [0.15, 0.2) is 72.8 Å². The highest BCUT2D eigenvalue weighted by molar-refractivity contribution is 5.93. The predicted octanol–water partition coefficient (Wildman–Crippen LogP) is 4.39. The van der Waals surface area contributed by atoms with Crippen LogP contribution in [0.4, 0.5) is 5.69 Å². The van der Waals surface area contributed by atoms with Gasteiger partial charge in [0.1, 0.15) is 5.75 Å². The Hall–Kier alpha value is -3.60. The van der Waals surface area contributed by atoms with Crippen molar-refractivity contribution < 1.29 is 19.1 Å². The van der Waals surface area contributed by atoms with E-state index in [1.807, 2.05) is 49.4 Å². The lowest BCUT2D eigenvalue weighted by atomic mass is 10.0. The summed E-state index contributed by atoms with van der Waals surface area (Å²) in [5.74, 6) is -0.247. The number of nitrogens with one attached hydrogen (secondary N) is 1. The fraction of sp³-hybridized carbons (Fsp3) is 0.167. The van der Waals surface area contributed by atoms with Gasteiger partial charge in [-0.25, -0.2) is 4.79 Å². The van der Waals surface area contributed by atoms with Crippen LogP contribution in [0.3, 0.4) is 0 Å². The number of methoxy groups -OCH3 is 1. The Labute approximate surface area is 170 Å². The summed E-state index contributed by atoms with van der Waals surface area (Å²) in [4.78, 5) is 24.1. The van der Waals surface area contributed by atoms with Crippen LogP contribution >= 0.6 is 0 Å². The van der Waals surface area contributed by atoms with E-state index in [9.17, 15) is 9.59 Å².